The van der Waals surface area contributed by atoms with Crippen LogP contribution < -0.4 is 5.32 Å². The van der Waals surface area contributed by atoms with E-state index in [9.17, 15) is 9.59 Å². The molecule has 0 bridgehead atoms. The summed E-state index contributed by atoms with van der Waals surface area (Å²) in [5, 5.41) is 11.7. The highest BCUT2D eigenvalue weighted by atomic mass is 16.4. The zero-order valence-corrected chi connectivity index (χ0v) is 13.8. The predicted octanol–water partition coefficient (Wildman–Crippen LogP) is 3.12. The van der Waals surface area contributed by atoms with Crippen LogP contribution in [-0.4, -0.2) is 41.1 Å². The van der Waals surface area contributed by atoms with Gasteiger partial charge in [-0.25, -0.2) is 9.59 Å². The van der Waals surface area contributed by atoms with Gasteiger partial charge in [0.2, 0.25) is 0 Å². The van der Waals surface area contributed by atoms with Crippen LogP contribution in [-0.2, 0) is 4.79 Å². The first-order valence-electron chi connectivity index (χ1n) is 7.67. The molecule has 0 heterocycles. The lowest BCUT2D eigenvalue weighted by molar-refractivity contribution is -0.139. The molecule has 0 rings (SSSR count). The van der Waals surface area contributed by atoms with Crippen LogP contribution >= 0.6 is 0 Å². The average Bonchev–Trinajstić information content (AvgIpc) is 2.37. The van der Waals surface area contributed by atoms with Gasteiger partial charge in [0, 0.05) is 13.1 Å². The molecule has 0 radical (unpaired) electrons. The normalized spacial score (nSPS) is 12.3. The van der Waals surface area contributed by atoms with Crippen molar-refractivity contribution in [2.24, 2.45) is 11.8 Å². The number of nitrogens with one attached hydrogen (secondary N) is 1. The summed E-state index contributed by atoms with van der Waals surface area (Å²) >= 11 is 0. The number of carbonyl (C=O) groups excluding carboxylic acids is 1. The van der Waals surface area contributed by atoms with E-state index in [2.05, 4.69) is 39.6 Å². The van der Waals surface area contributed by atoms with E-state index in [0.717, 1.165) is 12.8 Å². The summed E-state index contributed by atoms with van der Waals surface area (Å²) in [6.07, 6.45) is 3.55. The maximum Gasteiger partial charge on any atom is 0.326 e. The molecular formula is C16H30N2O3. The van der Waals surface area contributed by atoms with E-state index in [1.54, 1.807) is 4.90 Å². The van der Waals surface area contributed by atoms with E-state index in [-0.39, 0.29) is 12.5 Å². The number of nitrogens with zero attached hydrogens (tertiary/aromatic N) is 1. The highest BCUT2D eigenvalue weighted by Crippen LogP contribution is 2.07. The minimum Gasteiger partial charge on any atom is -0.480 e. The Morgan fingerprint density at radius 3 is 1.95 bits per heavy atom. The predicted molar refractivity (Wildman–Crippen MR) is 85.3 cm³/mol. The number of carbonyl (C=O) groups is 2. The van der Waals surface area contributed by atoms with Crippen LogP contribution in [0.15, 0.2) is 12.7 Å². The first-order valence-corrected chi connectivity index (χ1v) is 7.67. The third-order valence-electron chi connectivity index (χ3n) is 3.24. The molecule has 5 heteroatoms. The van der Waals surface area contributed by atoms with E-state index in [1.165, 1.54) is 6.08 Å². The summed E-state index contributed by atoms with van der Waals surface area (Å²) in [5.41, 5.74) is 0. The van der Waals surface area contributed by atoms with Crippen molar-refractivity contribution < 1.29 is 14.7 Å². The molecular weight excluding hydrogens is 268 g/mol. The Morgan fingerprint density at radius 1 is 1.14 bits per heavy atom. The fourth-order valence-corrected chi connectivity index (χ4v) is 1.77. The lowest BCUT2D eigenvalue weighted by atomic mass is 10.1. The van der Waals surface area contributed by atoms with E-state index >= 15 is 0 Å². The molecule has 0 saturated carbocycles. The Bertz CT molecular complexity index is 328. The summed E-state index contributed by atoms with van der Waals surface area (Å²) in [4.78, 5) is 25.1. The van der Waals surface area contributed by atoms with Gasteiger partial charge in [-0.1, -0.05) is 33.8 Å². The molecule has 0 aliphatic heterocycles. The van der Waals surface area contributed by atoms with Gasteiger partial charge in [0.1, 0.15) is 6.04 Å². The number of rotatable bonds is 10. The molecule has 0 aromatic carbocycles. The molecule has 0 saturated heterocycles. The summed E-state index contributed by atoms with van der Waals surface area (Å²) < 4.78 is 0. The van der Waals surface area contributed by atoms with Gasteiger partial charge in [0.05, 0.1) is 0 Å². The Kier molecular flexibility index (Phi) is 9.50. The molecule has 0 aromatic rings. The van der Waals surface area contributed by atoms with Crippen molar-refractivity contribution in [3.05, 3.63) is 12.7 Å². The van der Waals surface area contributed by atoms with Crippen molar-refractivity contribution in [2.75, 3.05) is 13.1 Å². The van der Waals surface area contributed by atoms with Crippen molar-refractivity contribution in [3.8, 4) is 0 Å². The van der Waals surface area contributed by atoms with Crippen molar-refractivity contribution in [3.63, 3.8) is 0 Å². The van der Waals surface area contributed by atoms with E-state index in [0.29, 0.717) is 24.9 Å². The molecule has 5 nitrogen and oxygen atoms in total. The molecule has 1 unspecified atom stereocenters. The molecule has 1 atom stereocenters. The van der Waals surface area contributed by atoms with Crippen LogP contribution in [0.25, 0.3) is 0 Å². The Hall–Kier alpha value is -1.52. The van der Waals surface area contributed by atoms with Gasteiger partial charge in [-0.3, -0.25) is 0 Å². The monoisotopic (exact) mass is 298 g/mol. The van der Waals surface area contributed by atoms with Crippen LogP contribution in [0, 0.1) is 11.8 Å². The quantitative estimate of drug-likeness (QED) is 0.609. The lowest BCUT2D eigenvalue weighted by Crippen LogP contribution is -2.48. The van der Waals surface area contributed by atoms with E-state index in [4.69, 9.17) is 5.11 Å². The summed E-state index contributed by atoms with van der Waals surface area (Å²) in [5.74, 6) is -0.0264. The summed E-state index contributed by atoms with van der Waals surface area (Å²) in [7, 11) is 0. The number of amides is 2. The molecule has 21 heavy (non-hydrogen) atoms. The zero-order chi connectivity index (χ0) is 16.4. The van der Waals surface area contributed by atoms with Gasteiger partial charge < -0.3 is 15.3 Å². The number of aliphatic carboxylic acids is 1. The maximum atomic E-state index is 12.3. The van der Waals surface area contributed by atoms with Crippen molar-refractivity contribution in [2.45, 2.75) is 53.0 Å². The fourth-order valence-electron chi connectivity index (χ4n) is 1.77. The van der Waals surface area contributed by atoms with Crippen molar-refractivity contribution in [1.29, 1.82) is 0 Å². The first kappa shape index (κ1) is 19.5. The third-order valence-corrected chi connectivity index (χ3v) is 3.24. The van der Waals surface area contributed by atoms with Crippen molar-refractivity contribution in [1.82, 2.24) is 10.2 Å². The molecule has 2 N–H and O–H groups in total. The SMILES string of the molecule is C=CCC(NC(=O)N(CCC(C)C)CCC(C)C)C(=O)O. The molecule has 0 spiro atoms. The van der Waals surface area contributed by atoms with Gasteiger partial charge in [0.15, 0.2) is 0 Å². The van der Waals surface area contributed by atoms with Crippen LogP contribution in [0.1, 0.15) is 47.0 Å². The Labute approximate surface area is 128 Å². The van der Waals surface area contributed by atoms with Gasteiger partial charge >= 0.3 is 12.0 Å². The first-order chi connectivity index (χ1) is 9.77. The largest absolute Gasteiger partial charge is 0.480 e. The minimum absolute atomic E-state index is 0.225. The van der Waals surface area contributed by atoms with Crippen LogP contribution in [0.5, 0.6) is 0 Å². The molecule has 0 aromatic heterocycles. The van der Waals surface area contributed by atoms with Crippen molar-refractivity contribution >= 4 is 12.0 Å². The number of carboxylic acid groups (broad SMARTS) is 1. The van der Waals surface area contributed by atoms with E-state index in [1.807, 2.05) is 0 Å². The fraction of sp³-hybridized carbons (Fsp3) is 0.750. The second kappa shape index (κ2) is 10.2. The highest BCUT2D eigenvalue weighted by Gasteiger charge is 2.22. The Balaban J connectivity index is 4.65. The van der Waals surface area contributed by atoms with Gasteiger partial charge in [-0.05, 0) is 31.1 Å². The smallest absolute Gasteiger partial charge is 0.326 e. The zero-order valence-electron chi connectivity index (χ0n) is 13.8. The maximum absolute atomic E-state index is 12.3. The molecule has 0 aliphatic carbocycles. The Morgan fingerprint density at radius 2 is 1.62 bits per heavy atom. The number of hydrogen-bond acceptors (Lipinski definition) is 2. The highest BCUT2D eigenvalue weighted by molar-refractivity contribution is 5.82. The van der Waals surface area contributed by atoms with Crippen LogP contribution in [0.4, 0.5) is 4.79 Å². The molecule has 122 valence electrons. The molecule has 0 aliphatic rings. The van der Waals surface area contributed by atoms with E-state index < -0.39 is 12.0 Å². The number of carboxylic acids is 1. The van der Waals surface area contributed by atoms with Crippen LogP contribution in [0.3, 0.4) is 0 Å². The topological polar surface area (TPSA) is 69.6 Å². The second-order valence-corrected chi connectivity index (χ2v) is 6.22. The second-order valence-electron chi connectivity index (χ2n) is 6.22. The van der Waals surface area contributed by atoms with Gasteiger partial charge in [0.25, 0.3) is 0 Å². The average molecular weight is 298 g/mol. The van der Waals surface area contributed by atoms with Crippen LogP contribution in [0.2, 0.25) is 0 Å². The minimum atomic E-state index is -1.03. The third kappa shape index (κ3) is 9.10. The number of urea groups is 1. The van der Waals surface area contributed by atoms with Gasteiger partial charge in [-0.2, -0.15) is 0 Å². The lowest BCUT2D eigenvalue weighted by Gasteiger charge is -2.26. The molecule has 0 fully saturated rings. The summed E-state index contributed by atoms with van der Waals surface area (Å²) in [6, 6.07) is -1.21. The standard InChI is InChI=1S/C16H30N2O3/c1-6-7-14(15(19)20)17-16(21)18(10-8-12(2)3)11-9-13(4)5/h6,12-14H,1,7-11H2,2-5H3,(H,17,21)(H,19,20). The van der Waals surface area contributed by atoms with Gasteiger partial charge in [-0.15, -0.1) is 6.58 Å². The number of hydrogen-bond donors (Lipinski definition) is 2. The summed E-state index contributed by atoms with van der Waals surface area (Å²) in [6.45, 7) is 13.3. The molecule has 2 amide bonds.